The average Bonchev–Trinajstić information content (AvgIpc) is 3.08. The predicted molar refractivity (Wildman–Crippen MR) is 70.0 cm³/mol. The van der Waals surface area contributed by atoms with Crippen LogP contribution in [-0.2, 0) is 6.18 Å². The molecular weight excluding hydrogens is 291 g/mol. The summed E-state index contributed by atoms with van der Waals surface area (Å²) in [5.41, 5.74) is 6.21. The van der Waals surface area contributed by atoms with E-state index in [4.69, 9.17) is 17.3 Å². The van der Waals surface area contributed by atoms with E-state index in [-0.39, 0.29) is 5.92 Å². The Morgan fingerprint density at radius 1 is 1.25 bits per heavy atom. The van der Waals surface area contributed by atoms with Crippen LogP contribution in [0.5, 0.6) is 0 Å². The van der Waals surface area contributed by atoms with Gasteiger partial charge >= 0.3 is 6.18 Å². The van der Waals surface area contributed by atoms with Gasteiger partial charge < -0.3 is 5.73 Å². The highest BCUT2D eigenvalue weighted by Crippen LogP contribution is 2.43. The summed E-state index contributed by atoms with van der Waals surface area (Å²) in [5, 5.41) is 4.10. The molecule has 3 nitrogen and oxygen atoms in total. The molecule has 1 aliphatic rings. The van der Waals surface area contributed by atoms with Crippen molar-refractivity contribution in [1.82, 2.24) is 9.78 Å². The van der Waals surface area contributed by atoms with E-state index in [1.54, 1.807) is 12.1 Å². The van der Waals surface area contributed by atoms with Crippen LogP contribution in [0.1, 0.15) is 30.1 Å². The Morgan fingerprint density at radius 2 is 1.95 bits per heavy atom. The number of anilines is 1. The highest BCUT2D eigenvalue weighted by atomic mass is 35.5. The largest absolute Gasteiger partial charge is 0.435 e. The van der Waals surface area contributed by atoms with Crippen LogP contribution >= 0.6 is 11.6 Å². The minimum absolute atomic E-state index is 0.119. The van der Waals surface area contributed by atoms with E-state index in [9.17, 15) is 13.2 Å². The summed E-state index contributed by atoms with van der Waals surface area (Å²) in [6, 6.07) is 5.77. The number of hydrogen-bond acceptors (Lipinski definition) is 2. The van der Waals surface area contributed by atoms with Gasteiger partial charge in [-0.05, 0) is 37.1 Å². The van der Waals surface area contributed by atoms with Gasteiger partial charge in [-0.2, -0.15) is 18.3 Å². The Morgan fingerprint density at radius 3 is 2.50 bits per heavy atom. The predicted octanol–water partition coefficient (Wildman–Crippen LogP) is 4.00. The number of halogens is 4. The summed E-state index contributed by atoms with van der Waals surface area (Å²) in [6.45, 7) is 0. The number of nitrogen functional groups attached to an aromatic ring is 1. The standard InChI is InChI=1S/C13H11ClF3N3/c14-8-3-4-10(9(18)5-8)20-11(7-1-2-7)6-12(19-20)13(15,16)17/h3-7H,1-2,18H2. The van der Waals surface area contributed by atoms with Crippen LogP contribution in [0, 0.1) is 0 Å². The summed E-state index contributed by atoms with van der Waals surface area (Å²) < 4.78 is 39.7. The van der Waals surface area contributed by atoms with Crippen LogP contribution in [0.4, 0.5) is 18.9 Å². The molecule has 7 heteroatoms. The molecule has 20 heavy (non-hydrogen) atoms. The molecule has 2 N–H and O–H groups in total. The SMILES string of the molecule is Nc1cc(Cl)ccc1-n1nc(C(F)(F)F)cc1C1CC1. The summed E-state index contributed by atoms with van der Waals surface area (Å²) in [5.74, 6) is 0.119. The van der Waals surface area contributed by atoms with Gasteiger partial charge in [0.05, 0.1) is 11.4 Å². The minimum Gasteiger partial charge on any atom is -0.397 e. The number of nitrogens with zero attached hydrogens (tertiary/aromatic N) is 2. The van der Waals surface area contributed by atoms with Crippen LogP contribution < -0.4 is 5.73 Å². The minimum atomic E-state index is -4.46. The fourth-order valence-electron chi connectivity index (χ4n) is 2.12. The second kappa shape index (κ2) is 4.41. The molecular formula is C13H11ClF3N3. The van der Waals surface area contributed by atoms with Crippen LogP contribution in [0.2, 0.25) is 5.02 Å². The molecule has 1 aliphatic carbocycles. The van der Waals surface area contributed by atoms with Crippen LogP contribution in [0.15, 0.2) is 24.3 Å². The smallest absolute Gasteiger partial charge is 0.397 e. The molecule has 1 aromatic heterocycles. The molecule has 0 bridgehead atoms. The zero-order valence-corrected chi connectivity index (χ0v) is 11.0. The third-order valence-corrected chi connectivity index (χ3v) is 3.48. The number of alkyl halides is 3. The van der Waals surface area contributed by atoms with Crippen molar-refractivity contribution < 1.29 is 13.2 Å². The van der Waals surface area contributed by atoms with E-state index in [1.807, 2.05) is 0 Å². The lowest BCUT2D eigenvalue weighted by atomic mass is 10.2. The third-order valence-electron chi connectivity index (χ3n) is 3.24. The van der Waals surface area contributed by atoms with Crippen molar-refractivity contribution in [2.24, 2.45) is 0 Å². The zero-order valence-electron chi connectivity index (χ0n) is 10.3. The third kappa shape index (κ3) is 2.35. The fraction of sp³-hybridized carbons (Fsp3) is 0.308. The molecule has 0 radical (unpaired) electrons. The molecule has 1 fully saturated rings. The zero-order chi connectivity index (χ0) is 14.5. The van der Waals surface area contributed by atoms with Gasteiger partial charge in [0, 0.05) is 16.6 Å². The van der Waals surface area contributed by atoms with Crippen LogP contribution in [-0.4, -0.2) is 9.78 Å². The van der Waals surface area contributed by atoms with E-state index < -0.39 is 11.9 Å². The highest BCUT2D eigenvalue weighted by Gasteiger charge is 2.38. The number of benzene rings is 1. The summed E-state index contributed by atoms with van der Waals surface area (Å²) in [7, 11) is 0. The van der Waals surface area contributed by atoms with Crippen molar-refractivity contribution >= 4 is 17.3 Å². The Kier molecular flexibility index (Phi) is 2.93. The Balaban J connectivity index is 2.14. The molecule has 0 amide bonds. The monoisotopic (exact) mass is 301 g/mol. The first kappa shape index (κ1) is 13.3. The second-order valence-corrected chi connectivity index (χ2v) is 5.28. The quantitative estimate of drug-likeness (QED) is 0.852. The van der Waals surface area contributed by atoms with E-state index in [0.29, 0.717) is 22.1 Å². The van der Waals surface area contributed by atoms with Gasteiger partial charge in [-0.3, -0.25) is 0 Å². The maximum atomic E-state index is 12.8. The van der Waals surface area contributed by atoms with E-state index in [0.717, 1.165) is 18.9 Å². The number of aromatic nitrogens is 2. The molecule has 0 spiro atoms. The lowest BCUT2D eigenvalue weighted by molar-refractivity contribution is -0.141. The first-order valence-electron chi connectivity index (χ1n) is 6.09. The molecule has 0 aliphatic heterocycles. The van der Waals surface area contributed by atoms with Crippen molar-refractivity contribution in [3.8, 4) is 5.69 Å². The molecule has 0 unspecified atom stereocenters. The van der Waals surface area contributed by atoms with Crippen molar-refractivity contribution in [2.45, 2.75) is 24.9 Å². The molecule has 106 valence electrons. The maximum Gasteiger partial charge on any atom is 0.435 e. The number of nitrogens with two attached hydrogens (primary N) is 1. The summed E-state index contributed by atoms with van der Waals surface area (Å²) in [4.78, 5) is 0. The summed E-state index contributed by atoms with van der Waals surface area (Å²) >= 11 is 5.81. The second-order valence-electron chi connectivity index (χ2n) is 4.84. The normalized spacial score (nSPS) is 15.6. The lowest BCUT2D eigenvalue weighted by Crippen LogP contribution is -2.08. The van der Waals surface area contributed by atoms with Gasteiger partial charge in [-0.25, -0.2) is 4.68 Å². The lowest BCUT2D eigenvalue weighted by Gasteiger charge is -2.09. The Bertz CT molecular complexity index is 659. The molecule has 0 atom stereocenters. The molecule has 1 heterocycles. The Hall–Kier alpha value is -1.69. The van der Waals surface area contributed by atoms with Gasteiger partial charge in [0.1, 0.15) is 0 Å². The fourth-order valence-corrected chi connectivity index (χ4v) is 2.30. The Labute approximate surface area is 118 Å². The van der Waals surface area contributed by atoms with Gasteiger partial charge in [-0.1, -0.05) is 11.6 Å². The van der Waals surface area contributed by atoms with Gasteiger partial charge in [-0.15, -0.1) is 0 Å². The average molecular weight is 302 g/mol. The first-order valence-corrected chi connectivity index (χ1v) is 6.46. The summed E-state index contributed by atoms with van der Waals surface area (Å²) in [6.07, 6.45) is -2.72. The van der Waals surface area contributed by atoms with Crippen molar-refractivity contribution in [2.75, 3.05) is 5.73 Å². The molecule has 1 saturated carbocycles. The highest BCUT2D eigenvalue weighted by molar-refractivity contribution is 6.30. The van der Waals surface area contributed by atoms with Crippen LogP contribution in [0.25, 0.3) is 5.69 Å². The molecule has 0 saturated heterocycles. The first-order chi connectivity index (χ1) is 9.36. The van der Waals surface area contributed by atoms with Crippen molar-refractivity contribution in [1.29, 1.82) is 0 Å². The van der Waals surface area contributed by atoms with Crippen molar-refractivity contribution in [3.63, 3.8) is 0 Å². The maximum absolute atomic E-state index is 12.8. The van der Waals surface area contributed by atoms with Gasteiger partial charge in [0.2, 0.25) is 0 Å². The number of rotatable bonds is 2. The van der Waals surface area contributed by atoms with Crippen LogP contribution in [0.3, 0.4) is 0 Å². The van der Waals surface area contributed by atoms with E-state index in [2.05, 4.69) is 5.10 Å². The molecule has 2 aromatic rings. The van der Waals surface area contributed by atoms with Gasteiger partial charge in [0.25, 0.3) is 0 Å². The van der Waals surface area contributed by atoms with E-state index >= 15 is 0 Å². The van der Waals surface area contributed by atoms with Crippen molar-refractivity contribution in [3.05, 3.63) is 40.7 Å². The topological polar surface area (TPSA) is 43.8 Å². The molecule has 3 rings (SSSR count). The van der Waals surface area contributed by atoms with Gasteiger partial charge in [0.15, 0.2) is 5.69 Å². The van der Waals surface area contributed by atoms with E-state index in [1.165, 1.54) is 10.7 Å². The molecule has 1 aromatic carbocycles. The number of hydrogen-bond donors (Lipinski definition) is 1.